The molecular formula is C19H28FN3O2. The van der Waals surface area contributed by atoms with Crippen LogP contribution in [0.2, 0.25) is 0 Å². The van der Waals surface area contributed by atoms with Gasteiger partial charge in [-0.1, -0.05) is 12.1 Å². The predicted molar refractivity (Wildman–Crippen MR) is 95.7 cm³/mol. The first-order valence-corrected chi connectivity index (χ1v) is 8.80. The highest BCUT2D eigenvalue weighted by Crippen LogP contribution is 2.21. The number of hydrogen-bond donors (Lipinski definition) is 2. The van der Waals surface area contributed by atoms with Gasteiger partial charge < -0.3 is 5.32 Å². The van der Waals surface area contributed by atoms with Crippen LogP contribution in [0.5, 0.6) is 0 Å². The lowest BCUT2D eigenvalue weighted by atomic mass is 9.90. The lowest BCUT2D eigenvalue weighted by Gasteiger charge is -2.31. The Balaban J connectivity index is 1.71. The van der Waals surface area contributed by atoms with Gasteiger partial charge in [-0.25, -0.2) is 9.18 Å². The molecule has 2 rings (SSSR count). The molecule has 0 unspecified atom stereocenters. The van der Waals surface area contributed by atoms with Crippen molar-refractivity contribution in [3.05, 3.63) is 35.6 Å². The molecule has 1 aliphatic rings. The maximum atomic E-state index is 13.2. The Bertz CT molecular complexity index is 605. The van der Waals surface area contributed by atoms with Crippen molar-refractivity contribution in [1.29, 1.82) is 0 Å². The Morgan fingerprint density at radius 2 is 1.92 bits per heavy atom. The van der Waals surface area contributed by atoms with Crippen LogP contribution in [0.4, 0.5) is 9.18 Å². The first kappa shape index (κ1) is 19.4. The first-order valence-electron chi connectivity index (χ1n) is 8.80. The summed E-state index contributed by atoms with van der Waals surface area (Å²) in [7, 11) is 0. The molecule has 138 valence electrons. The zero-order valence-electron chi connectivity index (χ0n) is 15.3. The van der Waals surface area contributed by atoms with E-state index in [1.54, 1.807) is 12.1 Å². The van der Waals surface area contributed by atoms with E-state index in [2.05, 4.69) is 15.5 Å². The fourth-order valence-corrected chi connectivity index (χ4v) is 3.09. The van der Waals surface area contributed by atoms with Crippen LogP contribution < -0.4 is 10.6 Å². The summed E-state index contributed by atoms with van der Waals surface area (Å²) in [6.07, 6.45) is 2.81. The summed E-state index contributed by atoms with van der Waals surface area (Å²) in [5.41, 5.74) is 0.648. The van der Waals surface area contributed by atoms with Gasteiger partial charge in [-0.15, -0.1) is 0 Å². The summed E-state index contributed by atoms with van der Waals surface area (Å²) in [5, 5.41) is 5.07. The fraction of sp³-hybridized carbons (Fsp3) is 0.579. The molecule has 1 fully saturated rings. The van der Waals surface area contributed by atoms with Crippen molar-refractivity contribution in [2.75, 3.05) is 19.6 Å². The number of hydrogen-bond acceptors (Lipinski definition) is 3. The molecule has 3 amide bonds. The highest BCUT2D eigenvalue weighted by molar-refractivity contribution is 5.95. The predicted octanol–water partition coefficient (Wildman–Crippen LogP) is 2.70. The zero-order valence-corrected chi connectivity index (χ0v) is 15.3. The molecule has 0 radical (unpaired) electrons. The Morgan fingerprint density at radius 1 is 1.24 bits per heavy atom. The molecule has 1 heterocycles. The molecule has 0 aliphatic carbocycles. The minimum atomic E-state index is -0.460. The number of carbonyl (C=O) groups is 2. The van der Waals surface area contributed by atoms with Crippen LogP contribution in [0.3, 0.4) is 0 Å². The number of imide groups is 1. The molecule has 0 saturated carbocycles. The third-order valence-corrected chi connectivity index (χ3v) is 4.23. The minimum absolute atomic E-state index is 0.194. The average Bonchev–Trinajstić information content (AvgIpc) is 2.47. The van der Waals surface area contributed by atoms with Crippen LogP contribution in [-0.4, -0.2) is 42.0 Å². The van der Waals surface area contributed by atoms with E-state index in [9.17, 15) is 14.0 Å². The van der Waals surface area contributed by atoms with Crippen molar-refractivity contribution in [3.63, 3.8) is 0 Å². The lowest BCUT2D eigenvalue weighted by molar-refractivity contribution is -0.121. The molecule has 0 spiro atoms. The highest BCUT2D eigenvalue weighted by atomic mass is 19.1. The number of benzene rings is 1. The fourth-order valence-electron chi connectivity index (χ4n) is 3.09. The molecule has 2 N–H and O–H groups in total. The second kappa shape index (κ2) is 8.43. The highest BCUT2D eigenvalue weighted by Gasteiger charge is 2.22. The molecule has 1 aromatic carbocycles. The number of rotatable bonds is 4. The van der Waals surface area contributed by atoms with Crippen molar-refractivity contribution < 1.29 is 14.0 Å². The third kappa shape index (κ3) is 7.22. The molecular weight excluding hydrogens is 321 g/mol. The second-order valence-corrected chi connectivity index (χ2v) is 7.81. The number of nitrogens with zero attached hydrogens (tertiary/aromatic N) is 1. The van der Waals surface area contributed by atoms with Gasteiger partial charge in [0.1, 0.15) is 5.82 Å². The molecule has 5 nitrogen and oxygen atoms in total. The second-order valence-electron chi connectivity index (χ2n) is 7.81. The third-order valence-electron chi connectivity index (χ3n) is 4.23. The molecule has 6 heteroatoms. The Labute approximate surface area is 149 Å². The first-order chi connectivity index (χ1) is 11.7. The van der Waals surface area contributed by atoms with Crippen LogP contribution in [0.25, 0.3) is 0 Å². The average molecular weight is 349 g/mol. The summed E-state index contributed by atoms with van der Waals surface area (Å²) in [6.45, 7) is 7.44. The maximum absolute atomic E-state index is 13.2. The van der Waals surface area contributed by atoms with Gasteiger partial charge in [0.25, 0.3) is 0 Å². The van der Waals surface area contributed by atoms with Gasteiger partial charge in [0.2, 0.25) is 5.91 Å². The molecule has 0 atom stereocenters. The number of piperidine rings is 1. The van der Waals surface area contributed by atoms with Crippen LogP contribution >= 0.6 is 0 Å². The summed E-state index contributed by atoms with van der Waals surface area (Å²) in [5.74, 6) is 0.0239. The number of nitrogens with one attached hydrogen (secondary N) is 2. The summed E-state index contributed by atoms with van der Waals surface area (Å²) in [6, 6.07) is 6.29. The van der Waals surface area contributed by atoms with E-state index in [-0.39, 0.29) is 23.8 Å². The van der Waals surface area contributed by atoms with E-state index >= 15 is 0 Å². The van der Waals surface area contributed by atoms with Crippen molar-refractivity contribution in [1.82, 2.24) is 15.5 Å². The van der Waals surface area contributed by atoms with Crippen LogP contribution in [-0.2, 0) is 11.2 Å². The van der Waals surface area contributed by atoms with Gasteiger partial charge in [-0.2, -0.15) is 0 Å². The van der Waals surface area contributed by atoms with Gasteiger partial charge >= 0.3 is 6.03 Å². The van der Waals surface area contributed by atoms with Crippen LogP contribution in [0, 0.1) is 11.7 Å². The smallest absolute Gasteiger partial charge is 0.321 e. The van der Waals surface area contributed by atoms with E-state index in [1.165, 1.54) is 6.07 Å². The Kier molecular flexibility index (Phi) is 6.53. The Hall–Kier alpha value is -1.95. The maximum Gasteiger partial charge on any atom is 0.321 e. The van der Waals surface area contributed by atoms with Crippen molar-refractivity contribution >= 4 is 11.9 Å². The molecule has 0 bridgehead atoms. The van der Waals surface area contributed by atoms with Crippen LogP contribution in [0.15, 0.2) is 24.3 Å². The SMILES string of the molecule is CC(C)(C)NC(=O)NC(=O)CN1CCC(Cc2cccc(F)c2)CC1. The zero-order chi connectivity index (χ0) is 18.4. The quantitative estimate of drug-likeness (QED) is 0.879. The monoisotopic (exact) mass is 349 g/mol. The Morgan fingerprint density at radius 3 is 2.52 bits per heavy atom. The van der Waals surface area contributed by atoms with Gasteiger partial charge in [-0.05, 0) is 76.7 Å². The molecule has 0 aromatic heterocycles. The van der Waals surface area contributed by atoms with Crippen LogP contribution in [0.1, 0.15) is 39.2 Å². The lowest BCUT2D eigenvalue weighted by Crippen LogP contribution is -2.51. The van der Waals surface area contributed by atoms with Gasteiger partial charge in [-0.3, -0.25) is 15.0 Å². The number of urea groups is 1. The van der Waals surface area contributed by atoms with Crippen molar-refractivity contribution in [2.24, 2.45) is 5.92 Å². The van der Waals surface area contributed by atoms with E-state index in [0.29, 0.717) is 5.92 Å². The summed E-state index contributed by atoms with van der Waals surface area (Å²) in [4.78, 5) is 25.7. The number of likely N-dealkylation sites (tertiary alicyclic amines) is 1. The van der Waals surface area contributed by atoms with E-state index in [4.69, 9.17) is 0 Å². The normalized spacial score (nSPS) is 16.5. The van der Waals surface area contributed by atoms with E-state index in [1.807, 2.05) is 26.8 Å². The minimum Gasteiger partial charge on any atom is -0.333 e. The summed E-state index contributed by atoms with van der Waals surface area (Å²) < 4.78 is 13.2. The summed E-state index contributed by atoms with van der Waals surface area (Å²) >= 11 is 0. The molecule has 1 aliphatic heterocycles. The number of carbonyl (C=O) groups excluding carboxylic acids is 2. The number of amides is 3. The molecule has 1 saturated heterocycles. The van der Waals surface area contributed by atoms with Crippen molar-refractivity contribution in [2.45, 2.75) is 45.6 Å². The topological polar surface area (TPSA) is 61.4 Å². The molecule has 1 aromatic rings. The van der Waals surface area contributed by atoms with Gasteiger partial charge in [0, 0.05) is 5.54 Å². The molecule has 25 heavy (non-hydrogen) atoms. The van der Waals surface area contributed by atoms with E-state index < -0.39 is 6.03 Å². The number of halogens is 1. The van der Waals surface area contributed by atoms with Gasteiger partial charge in [0.15, 0.2) is 0 Å². The largest absolute Gasteiger partial charge is 0.333 e. The standard InChI is InChI=1S/C19H28FN3O2/c1-19(2,3)22-18(25)21-17(24)13-23-9-7-14(8-10-23)11-15-5-4-6-16(20)12-15/h4-6,12,14H,7-11,13H2,1-3H3,(H2,21,22,24,25). The van der Waals surface area contributed by atoms with Gasteiger partial charge in [0.05, 0.1) is 6.54 Å². The van der Waals surface area contributed by atoms with E-state index in [0.717, 1.165) is 37.9 Å². The van der Waals surface area contributed by atoms with Crippen molar-refractivity contribution in [3.8, 4) is 0 Å².